The lowest BCUT2D eigenvalue weighted by Gasteiger charge is -2.37. The maximum atomic E-state index is 13.0. The summed E-state index contributed by atoms with van der Waals surface area (Å²) in [4.78, 5) is 15.1. The van der Waals surface area contributed by atoms with Crippen molar-refractivity contribution in [2.75, 3.05) is 31.1 Å². The van der Waals surface area contributed by atoms with Crippen LogP contribution in [-0.2, 0) is 4.79 Å². The molecular formula is C19H28Cl2N2OS. The van der Waals surface area contributed by atoms with Gasteiger partial charge in [-0.2, -0.15) is 11.8 Å². The van der Waals surface area contributed by atoms with Gasteiger partial charge in [0.15, 0.2) is 0 Å². The Hall–Kier alpha value is -0.420. The molecule has 2 fully saturated rings. The van der Waals surface area contributed by atoms with Crippen molar-refractivity contribution < 1.29 is 4.79 Å². The Morgan fingerprint density at radius 2 is 2.00 bits per heavy atom. The third-order valence-electron chi connectivity index (χ3n) is 5.39. The van der Waals surface area contributed by atoms with Crippen LogP contribution in [0.4, 0.5) is 0 Å². The molecule has 2 heterocycles. The number of benzene rings is 1. The van der Waals surface area contributed by atoms with E-state index in [4.69, 9.17) is 11.6 Å². The molecule has 1 aromatic rings. The number of nitrogens with zero attached hydrogens (tertiary/aromatic N) is 1. The summed E-state index contributed by atoms with van der Waals surface area (Å²) >= 11 is 7.95. The largest absolute Gasteiger partial charge is 0.334 e. The van der Waals surface area contributed by atoms with E-state index < -0.39 is 0 Å². The fraction of sp³-hybridized carbons (Fsp3) is 0.632. The van der Waals surface area contributed by atoms with Crippen LogP contribution < -0.4 is 5.32 Å². The van der Waals surface area contributed by atoms with Crippen LogP contribution in [0.15, 0.2) is 24.3 Å². The predicted octanol–water partition coefficient (Wildman–Crippen LogP) is 4.40. The van der Waals surface area contributed by atoms with Gasteiger partial charge in [-0.3, -0.25) is 4.79 Å². The first-order valence-corrected chi connectivity index (χ1v) is 10.5. The molecule has 0 radical (unpaired) electrons. The van der Waals surface area contributed by atoms with Crippen LogP contribution in [0.2, 0.25) is 5.02 Å². The van der Waals surface area contributed by atoms with Crippen molar-refractivity contribution in [3.05, 3.63) is 34.9 Å². The Morgan fingerprint density at radius 1 is 1.32 bits per heavy atom. The molecule has 3 nitrogen and oxygen atoms in total. The van der Waals surface area contributed by atoms with Crippen LogP contribution in [0.5, 0.6) is 0 Å². The van der Waals surface area contributed by atoms with Crippen LogP contribution in [0.25, 0.3) is 0 Å². The highest BCUT2D eigenvalue weighted by Crippen LogP contribution is 2.32. The Bertz CT molecular complexity index is 549. The average Bonchev–Trinajstić information content (AvgIpc) is 2.63. The topological polar surface area (TPSA) is 32.3 Å². The number of piperidine rings is 1. The van der Waals surface area contributed by atoms with Gasteiger partial charge in [0, 0.05) is 29.5 Å². The predicted molar refractivity (Wildman–Crippen MR) is 110 cm³/mol. The molecule has 2 aliphatic rings. The Kier molecular flexibility index (Phi) is 8.40. The number of hydrogen-bond donors (Lipinski definition) is 1. The summed E-state index contributed by atoms with van der Waals surface area (Å²) in [7, 11) is 0. The normalized spacial score (nSPS) is 23.0. The molecule has 140 valence electrons. The lowest BCUT2D eigenvalue weighted by molar-refractivity contribution is -0.134. The first-order chi connectivity index (χ1) is 11.6. The number of amides is 1. The number of halogens is 2. The number of carbonyl (C=O) groups excluding carboxylic acids is 1. The fourth-order valence-electron chi connectivity index (χ4n) is 3.84. The van der Waals surface area contributed by atoms with Crippen LogP contribution in [-0.4, -0.2) is 41.9 Å². The van der Waals surface area contributed by atoms with Crippen molar-refractivity contribution in [2.24, 2.45) is 11.8 Å². The third kappa shape index (κ3) is 5.53. The number of rotatable bonds is 4. The van der Waals surface area contributed by atoms with Crippen molar-refractivity contribution in [3.8, 4) is 0 Å². The molecule has 25 heavy (non-hydrogen) atoms. The summed E-state index contributed by atoms with van der Waals surface area (Å²) in [5.74, 6) is 3.50. The molecule has 3 rings (SSSR count). The molecule has 0 aliphatic carbocycles. The van der Waals surface area contributed by atoms with Gasteiger partial charge in [0.05, 0.1) is 6.04 Å². The van der Waals surface area contributed by atoms with Gasteiger partial charge in [-0.25, -0.2) is 0 Å². The second kappa shape index (κ2) is 10.1. The van der Waals surface area contributed by atoms with Crippen LogP contribution in [0, 0.1) is 11.8 Å². The van der Waals surface area contributed by atoms with Crippen molar-refractivity contribution in [3.63, 3.8) is 0 Å². The quantitative estimate of drug-likeness (QED) is 0.809. The SMILES string of the molecule is CC(CC(=O)N1CCSCC1c1ccc(Cl)cc1)C1CCNCC1.Cl. The second-order valence-electron chi connectivity index (χ2n) is 7.00. The summed E-state index contributed by atoms with van der Waals surface area (Å²) in [6.45, 7) is 5.30. The van der Waals surface area contributed by atoms with Crippen molar-refractivity contribution in [1.29, 1.82) is 0 Å². The van der Waals surface area contributed by atoms with Crippen molar-refractivity contribution >= 4 is 41.7 Å². The smallest absolute Gasteiger partial charge is 0.223 e. The van der Waals surface area contributed by atoms with Gasteiger partial charge >= 0.3 is 0 Å². The van der Waals surface area contributed by atoms with E-state index in [0.717, 1.165) is 36.2 Å². The van der Waals surface area contributed by atoms with Crippen LogP contribution >= 0.6 is 35.8 Å². The molecule has 2 atom stereocenters. The van der Waals surface area contributed by atoms with Gasteiger partial charge in [-0.15, -0.1) is 12.4 Å². The molecule has 0 bridgehead atoms. The summed E-state index contributed by atoms with van der Waals surface area (Å²) in [5.41, 5.74) is 1.20. The average molecular weight is 403 g/mol. The first-order valence-electron chi connectivity index (χ1n) is 8.98. The Balaban J connectivity index is 0.00000225. The Morgan fingerprint density at radius 3 is 2.68 bits per heavy atom. The number of nitrogens with one attached hydrogen (secondary N) is 1. The van der Waals surface area contributed by atoms with Gasteiger partial charge in [0.2, 0.25) is 5.91 Å². The van der Waals surface area contributed by atoms with E-state index in [1.165, 1.54) is 18.4 Å². The summed E-state index contributed by atoms with van der Waals surface area (Å²) in [5, 5.41) is 4.16. The minimum Gasteiger partial charge on any atom is -0.334 e. The van der Waals surface area contributed by atoms with Crippen LogP contribution in [0.1, 0.15) is 37.8 Å². The van der Waals surface area contributed by atoms with E-state index >= 15 is 0 Å². The molecule has 2 saturated heterocycles. The highest BCUT2D eigenvalue weighted by Gasteiger charge is 2.30. The van der Waals surface area contributed by atoms with Gasteiger partial charge in [0.25, 0.3) is 0 Å². The molecular weight excluding hydrogens is 375 g/mol. The lowest BCUT2D eigenvalue weighted by atomic mass is 9.84. The zero-order chi connectivity index (χ0) is 16.9. The standard InChI is InChI=1S/C19H27ClN2OS.ClH/c1-14(15-6-8-21-9-7-15)12-19(23)22-10-11-24-13-18(22)16-2-4-17(20)5-3-16;/h2-5,14-15,18,21H,6-13H2,1H3;1H. The van der Waals surface area contributed by atoms with E-state index in [0.29, 0.717) is 24.2 Å². The highest BCUT2D eigenvalue weighted by molar-refractivity contribution is 7.99. The molecule has 6 heteroatoms. The molecule has 1 aromatic carbocycles. The lowest BCUT2D eigenvalue weighted by Crippen LogP contribution is -2.42. The molecule has 2 unspecified atom stereocenters. The molecule has 0 spiro atoms. The van der Waals surface area contributed by atoms with Gasteiger partial charge in [0.1, 0.15) is 0 Å². The zero-order valence-electron chi connectivity index (χ0n) is 14.7. The van der Waals surface area contributed by atoms with E-state index in [9.17, 15) is 4.79 Å². The van der Waals surface area contributed by atoms with E-state index in [1.807, 2.05) is 23.9 Å². The van der Waals surface area contributed by atoms with Gasteiger partial charge in [-0.1, -0.05) is 30.7 Å². The molecule has 0 aromatic heterocycles. The van der Waals surface area contributed by atoms with Crippen molar-refractivity contribution in [2.45, 2.75) is 32.2 Å². The molecule has 1 amide bonds. The van der Waals surface area contributed by atoms with E-state index in [2.05, 4.69) is 29.3 Å². The van der Waals surface area contributed by atoms with E-state index in [1.54, 1.807) is 0 Å². The van der Waals surface area contributed by atoms with E-state index in [-0.39, 0.29) is 18.4 Å². The molecule has 0 saturated carbocycles. The first kappa shape index (κ1) is 20.9. The number of hydrogen-bond acceptors (Lipinski definition) is 3. The molecule has 1 N–H and O–H groups in total. The van der Waals surface area contributed by atoms with Crippen molar-refractivity contribution in [1.82, 2.24) is 10.2 Å². The maximum absolute atomic E-state index is 13.0. The second-order valence-corrected chi connectivity index (χ2v) is 8.58. The molecule has 2 aliphatic heterocycles. The highest BCUT2D eigenvalue weighted by atomic mass is 35.5. The fourth-order valence-corrected chi connectivity index (χ4v) is 5.05. The minimum atomic E-state index is 0. The number of thioether (sulfide) groups is 1. The summed E-state index contributed by atoms with van der Waals surface area (Å²) in [6.07, 6.45) is 3.08. The summed E-state index contributed by atoms with van der Waals surface area (Å²) in [6, 6.07) is 8.17. The minimum absolute atomic E-state index is 0. The van der Waals surface area contributed by atoms with Gasteiger partial charge in [-0.05, 0) is 55.5 Å². The third-order valence-corrected chi connectivity index (χ3v) is 6.66. The maximum Gasteiger partial charge on any atom is 0.223 e. The summed E-state index contributed by atoms with van der Waals surface area (Å²) < 4.78 is 0. The number of carbonyl (C=O) groups is 1. The van der Waals surface area contributed by atoms with Gasteiger partial charge < -0.3 is 10.2 Å². The zero-order valence-corrected chi connectivity index (χ0v) is 17.1. The monoisotopic (exact) mass is 402 g/mol. The Labute approximate surface area is 166 Å². The van der Waals surface area contributed by atoms with Crippen LogP contribution in [0.3, 0.4) is 0 Å².